The molecule has 1 aromatic rings. The first kappa shape index (κ1) is 8.03. The van der Waals surface area contributed by atoms with Crippen LogP contribution in [0.4, 0.5) is 0 Å². The molecule has 0 spiro atoms. The van der Waals surface area contributed by atoms with E-state index in [1.807, 2.05) is 4.90 Å². The standard InChI is InChI=1S/C10H13N3O/c14-10(8-4-11-12-5-8)13-6-7-1-2-9(13)3-7/h4-5,7,9H,1-3,6H2,(H,11,12). The summed E-state index contributed by atoms with van der Waals surface area (Å²) in [6.07, 6.45) is 6.99. The predicted octanol–water partition coefficient (Wildman–Crippen LogP) is 1.03. The molecule has 2 heterocycles. The van der Waals surface area contributed by atoms with Crippen LogP contribution >= 0.6 is 0 Å². The maximum Gasteiger partial charge on any atom is 0.257 e. The third kappa shape index (κ3) is 1.06. The second-order valence-electron chi connectivity index (χ2n) is 4.28. The normalized spacial score (nSPS) is 29.9. The van der Waals surface area contributed by atoms with Crippen LogP contribution in [0.3, 0.4) is 0 Å². The van der Waals surface area contributed by atoms with Crippen molar-refractivity contribution in [3.63, 3.8) is 0 Å². The molecule has 0 radical (unpaired) electrons. The van der Waals surface area contributed by atoms with Gasteiger partial charge in [0.2, 0.25) is 0 Å². The summed E-state index contributed by atoms with van der Waals surface area (Å²) in [5.41, 5.74) is 0.692. The van der Waals surface area contributed by atoms with Crippen LogP contribution in [0.15, 0.2) is 12.4 Å². The Kier molecular flexibility index (Phi) is 1.63. The topological polar surface area (TPSA) is 49.0 Å². The number of carbonyl (C=O) groups is 1. The fraction of sp³-hybridized carbons (Fsp3) is 0.600. The van der Waals surface area contributed by atoms with Gasteiger partial charge in [-0.1, -0.05) is 0 Å². The van der Waals surface area contributed by atoms with E-state index in [1.54, 1.807) is 12.4 Å². The van der Waals surface area contributed by atoms with E-state index in [-0.39, 0.29) is 5.91 Å². The summed E-state index contributed by atoms with van der Waals surface area (Å²) in [7, 11) is 0. The average Bonchev–Trinajstić information content (AvgIpc) is 2.93. The van der Waals surface area contributed by atoms with Crippen LogP contribution in [0, 0.1) is 5.92 Å². The molecule has 0 aromatic carbocycles. The zero-order valence-corrected chi connectivity index (χ0v) is 7.94. The van der Waals surface area contributed by atoms with Crippen molar-refractivity contribution in [2.75, 3.05) is 6.54 Å². The maximum absolute atomic E-state index is 12.0. The minimum absolute atomic E-state index is 0.144. The van der Waals surface area contributed by atoms with Gasteiger partial charge in [0.15, 0.2) is 0 Å². The Balaban J connectivity index is 1.81. The van der Waals surface area contributed by atoms with E-state index in [0.717, 1.165) is 12.5 Å². The molecule has 1 N–H and O–H groups in total. The van der Waals surface area contributed by atoms with Gasteiger partial charge in [-0.3, -0.25) is 9.89 Å². The number of aromatic nitrogens is 2. The van der Waals surface area contributed by atoms with Crippen LogP contribution in [0.2, 0.25) is 0 Å². The number of aromatic amines is 1. The van der Waals surface area contributed by atoms with E-state index in [0.29, 0.717) is 11.6 Å². The quantitative estimate of drug-likeness (QED) is 0.720. The third-order valence-electron chi connectivity index (χ3n) is 3.42. The van der Waals surface area contributed by atoms with Crippen molar-refractivity contribution in [2.45, 2.75) is 25.3 Å². The van der Waals surface area contributed by atoms with Crippen LogP contribution in [0.25, 0.3) is 0 Å². The van der Waals surface area contributed by atoms with Gasteiger partial charge in [0, 0.05) is 18.8 Å². The first-order valence-electron chi connectivity index (χ1n) is 5.14. The smallest absolute Gasteiger partial charge is 0.257 e. The molecule has 2 fully saturated rings. The van der Waals surface area contributed by atoms with Gasteiger partial charge >= 0.3 is 0 Å². The molecule has 14 heavy (non-hydrogen) atoms. The second-order valence-corrected chi connectivity index (χ2v) is 4.28. The average molecular weight is 191 g/mol. The predicted molar refractivity (Wildman–Crippen MR) is 50.8 cm³/mol. The van der Waals surface area contributed by atoms with Gasteiger partial charge in [-0.05, 0) is 25.2 Å². The van der Waals surface area contributed by atoms with Crippen LogP contribution in [0.5, 0.6) is 0 Å². The number of H-pyrrole nitrogens is 1. The van der Waals surface area contributed by atoms with E-state index < -0.39 is 0 Å². The summed E-state index contributed by atoms with van der Waals surface area (Å²) in [5, 5.41) is 6.48. The van der Waals surface area contributed by atoms with Gasteiger partial charge in [-0.15, -0.1) is 0 Å². The number of hydrogen-bond donors (Lipinski definition) is 1. The van der Waals surface area contributed by atoms with Crippen molar-refractivity contribution in [3.8, 4) is 0 Å². The highest BCUT2D eigenvalue weighted by atomic mass is 16.2. The first-order valence-corrected chi connectivity index (χ1v) is 5.14. The third-order valence-corrected chi connectivity index (χ3v) is 3.42. The molecule has 3 rings (SSSR count). The molecular weight excluding hydrogens is 178 g/mol. The molecule has 74 valence electrons. The lowest BCUT2D eigenvalue weighted by molar-refractivity contribution is 0.0703. The molecule has 1 aliphatic carbocycles. The zero-order valence-electron chi connectivity index (χ0n) is 7.94. The summed E-state index contributed by atoms with van der Waals surface area (Å²) in [6, 6.07) is 0.502. The second kappa shape index (κ2) is 2.83. The number of rotatable bonds is 1. The van der Waals surface area contributed by atoms with Gasteiger partial charge in [0.25, 0.3) is 5.91 Å². The highest BCUT2D eigenvalue weighted by molar-refractivity contribution is 5.94. The summed E-state index contributed by atoms with van der Waals surface area (Å²) < 4.78 is 0. The number of likely N-dealkylation sites (tertiary alicyclic amines) is 1. The first-order chi connectivity index (χ1) is 6.84. The molecule has 4 nitrogen and oxygen atoms in total. The van der Waals surface area contributed by atoms with Crippen molar-refractivity contribution in [2.24, 2.45) is 5.92 Å². The Morgan fingerprint density at radius 2 is 2.50 bits per heavy atom. The van der Waals surface area contributed by atoms with Gasteiger partial charge < -0.3 is 4.90 Å². The number of amides is 1. The molecule has 1 aliphatic heterocycles. The van der Waals surface area contributed by atoms with Gasteiger partial charge in [-0.2, -0.15) is 5.10 Å². The maximum atomic E-state index is 12.0. The lowest BCUT2D eigenvalue weighted by Gasteiger charge is -2.26. The molecule has 2 atom stereocenters. The molecule has 1 saturated heterocycles. The Hall–Kier alpha value is -1.32. The molecule has 1 amide bonds. The molecule has 1 aromatic heterocycles. The van der Waals surface area contributed by atoms with E-state index in [9.17, 15) is 4.79 Å². The molecule has 2 unspecified atom stereocenters. The van der Waals surface area contributed by atoms with Gasteiger partial charge in [0.05, 0.1) is 11.8 Å². The minimum Gasteiger partial charge on any atom is -0.335 e. The Morgan fingerprint density at radius 1 is 1.57 bits per heavy atom. The Bertz CT molecular complexity index is 346. The van der Waals surface area contributed by atoms with E-state index in [4.69, 9.17) is 0 Å². The number of nitrogens with zero attached hydrogens (tertiary/aromatic N) is 2. The number of hydrogen-bond acceptors (Lipinski definition) is 2. The van der Waals surface area contributed by atoms with E-state index in [1.165, 1.54) is 19.3 Å². The van der Waals surface area contributed by atoms with Crippen molar-refractivity contribution in [3.05, 3.63) is 18.0 Å². The van der Waals surface area contributed by atoms with Crippen LogP contribution < -0.4 is 0 Å². The fourth-order valence-electron chi connectivity index (χ4n) is 2.71. The van der Waals surface area contributed by atoms with E-state index in [2.05, 4.69) is 10.2 Å². The van der Waals surface area contributed by atoms with Gasteiger partial charge in [-0.25, -0.2) is 0 Å². The number of fused-ring (bicyclic) bond motifs is 2. The molecule has 4 heteroatoms. The number of carbonyl (C=O) groups excluding carboxylic acids is 1. The Morgan fingerprint density at radius 3 is 3.07 bits per heavy atom. The molecule has 2 aliphatic rings. The highest BCUT2D eigenvalue weighted by Crippen LogP contribution is 2.37. The van der Waals surface area contributed by atoms with Crippen LogP contribution in [0.1, 0.15) is 29.6 Å². The minimum atomic E-state index is 0.144. The molecule has 2 bridgehead atoms. The summed E-state index contributed by atoms with van der Waals surface area (Å²) in [5.74, 6) is 0.904. The summed E-state index contributed by atoms with van der Waals surface area (Å²) in [6.45, 7) is 0.953. The fourth-order valence-corrected chi connectivity index (χ4v) is 2.71. The lowest BCUT2D eigenvalue weighted by atomic mass is 10.1. The van der Waals surface area contributed by atoms with Crippen molar-refractivity contribution in [1.29, 1.82) is 0 Å². The lowest BCUT2D eigenvalue weighted by Crippen LogP contribution is -2.37. The summed E-state index contributed by atoms with van der Waals surface area (Å²) >= 11 is 0. The van der Waals surface area contributed by atoms with Crippen molar-refractivity contribution < 1.29 is 4.79 Å². The van der Waals surface area contributed by atoms with Gasteiger partial charge in [0.1, 0.15) is 0 Å². The monoisotopic (exact) mass is 191 g/mol. The van der Waals surface area contributed by atoms with Crippen LogP contribution in [-0.4, -0.2) is 33.6 Å². The van der Waals surface area contributed by atoms with Crippen molar-refractivity contribution >= 4 is 5.91 Å². The Labute approximate surface area is 82.3 Å². The molecule has 1 saturated carbocycles. The summed E-state index contributed by atoms with van der Waals surface area (Å²) in [4.78, 5) is 14.0. The van der Waals surface area contributed by atoms with E-state index >= 15 is 0 Å². The largest absolute Gasteiger partial charge is 0.335 e. The van der Waals surface area contributed by atoms with Crippen molar-refractivity contribution in [1.82, 2.24) is 15.1 Å². The number of nitrogens with one attached hydrogen (secondary N) is 1. The SMILES string of the molecule is O=C(c1cn[nH]c1)N1CC2CCC1C2. The van der Waals surface area contributed by atoms with Crippen LogP contribution in [-0.2, 0) is 0 Å². The molecular formula is C10H13N3O. The zero-order chi connectivity index (χ0) is 9.54. The highest BCUT2D eigenvalue weighted by Gasteiger charge is 2.40. The number of piperidine rings is 1.